The molecule has 0 spiro atoms. The lowest BCUT2D eigenvalue weighted by Crippen LogP contribution is -2.15. The van der Waals surface area contributed by atoms with Crippen molar-refractivity contribution in [1.29, 1.82) is 0 Å². The minimum atomic E-state index is -3.14. The van der Waals surface area contributed by atoms with Gasteiger partial charge in [-0.3, -0.25) is 4.79 Å². The lowest BCUT2D eigenvalue weighted by molar-refractivity contribution is 0.0969. The fraction of sp³-hybridized carbons (Fsp3) is 0.364. The lowest BCUT2D eigenvalue weighted by atomic mass is 9.97. The Balaban J connectivity index is 3.40. The third-order valence-electron chi connectivity index (χ3n) is 2.22. The summed E-state index contributed by atoms with van der Waals surface area (Å²) in [5, 5.41) is -1.04. The third-order valence-corrected chi connectivity index (χ3v) is 2.42. The highest BCUT2D eigenvalue weighted by molar-refractivity contribution is 6.33. The van der Waals surface area contributed by atoms with Gasteiger partial charge in [0.25, 0.3) is 12.9 Å². The molecule has 0 bridgehead atoms. The van der Waals surface area contributed by atoms with E-state index in [-0.39, 0.29) is 0 Å². The number of halogens is 5. The van der Waals surface area contributed by atoms with Crippen molar-refractivity contribution in [1.82, 2.24) is 0 Å². The van der Waals surface area contributed by atoms with Crippen LogP contribution in [0.1, 0.15) is 41.3 Å². The molecule has 94 valence electrons. The molecule has 1 rings (SSSR count). The smallest absolute Gasteiger partial charge is 0.265 e. The maximum atomic E-state index is 12.7. The van der Waals surface area contributed by atoms with E-state index in [1.807, 2.05) is 0 Å². The normalized spacial score (nSPS) is 13.2. The van der Waals surface area contributed by atoms with Crippen LogP contribution in [-0.2, 0) is 0 Å². The molecule has 17 heavy (non-hydrogen) atoms. The van der Waals surface area contributed by atoms with Crippen LogP contribution in [0.15, 0.2) is 18.2 Å². The largest absolute Gasteiger partial charge is 0.293 e. The van der Waals surface area contributed by atoms with Gasteiger partial charge in [-0.1, -0.05) is 18.2 Å². The summed E-state index contributed by atoms with van der Waals surface area (Å²) in [5.74, 6) is -0.788. The van der Waals surface area contributed by atoms with Gasteiger partial charge in [0, 0.05) is 16.7 Å². The topological polar surface area (TPSA) is 17.1 Å². The molecule has 6 heteroatoms. The zero-order valence-corrected chi connectivity index (χ0v) is 9.52. The SMILES string of the molecule is CC(Cl)C(=O)c1cccc(C(F)F)c1C(F)F. The molecule has 0 saturated carbocycles. The molecule has 1 aromatic rings. The molecule has 1 unspecified atom stereocenters. The number of hydrogen-bond acceptors (Lipinski definition) is 1. The summed E-state index contributed by atoms with van der Waals surface area (Å²) >= 11 is 5.49. The molecule has 0 heterocycles. The van der Waals surface area contributed by atoms with Gasteiger partial charge in [0.15, 0.2) is 5.78 Å². The van der Waals surface area contributed by atoms with Gasteiger partial charge in [-0.2, -0.15) is 0 Å². The Bertz CT molecular complexity index is 418. The molecule has 0 radical (unpaired) electrons. The number of carbonyl (C=O) groups is 1. The van der Waals surface area contributed by atoms with Crippen LogP contribution in [0.4, 0.5) is 17.6 Å². The van der Waals surface area contributed by atoms with Crippen LogP contribution in [0.2, 0.25) is 0 Å². The molecule has 0 aliphatic heterocycles. The molecular formula is C11H9ClF4O. The van der Waals surface area contributed by atoms with Gasteiger partial charge in [-0.05, 0) is 6.92 Å². The molecule has 0 N–H and O–H groups in total. The summed E-state index contributed by atoms with van der Waals surface area (Å²) in [6.45, 7) is 1.30. The van der Waals surface area contributed by atoms with E-state index < -0.39 is 40.7 Å². The van der Waals surface area contributed by atoms with Crippen molar-refractivity contribution in [3.05, 3.63) is 34.9 Å². The molecule has 0 fully saturated rings. The van der Waals surface area contributed by atoms with Crippen molar-refractivity contribution in [3.63, 3.8) is 0 Å². The van der Waals surface area contributed by atoms with E-state index in [4.69, 9.17) is 11.6 Å². The second-order valence-electron chi connectivity index (χ2n) is 3.39. The number of Topliss-reactive ketones (excluding diaryl/α,β-unsaturated/α-hetero) is 1. The average Bonchev–Trinajstić information content (AvgIpc) is 2.26. The fourth-order valence-corrected chi connectivity index (χ4v) is 1.56. The predicted molar refractivity (Wildman–Crippen MR) is 56.0 cm³/mol. The average molecular weight is 269 g/mol. The van der Waals surface area contributed by atoms with Crippen molar-refractivity contribution in [2.24, 2.45) is 0 Å². The first kappa shape index (κ1) is 14.0. The van der Waals surface area contributed by atoms with E-state index in [1.165, 1.54) is 6.92 Å². The number of carbonyl (C=O) groups excluding carboxylic acids is 1. The number of rotatable bonds is 4. The minimum absolute atomic E-state index is 0.444. The molecule has 0 amide bonds. The summed E-state index contributed by atoms with van der Waals surface area (Å²) in [6, 6.07) is 3.09. The Morgan fingerprint density at radius 1 is 1.18 bits per heavy atom. The number of hydrogen-bond donors (Lipinski definition) is 0. The van der Waals surface area contributed by atoms with Crippen LogP contribution in [0, 0.1) is 0 Å². The van der Waals surface area contributed by atoms with Crippen LogP contribution < -0.4 is 0 Å². The maximum absolute atomic E-state index is 12.7. The Kier molecular flexibility index (Phi) is 4.51. The third kappa shape index (κ3) is 2.97. The molecule has 0 aliphatic rings. The summed E-state index contributed by atoms with van der Waals surface area (Å²) < 4.78 is 50.6. The summed E-state index contributed by atoms with van der Waals surface area (Å²) in [6.07, 6.45) is -6.20. The van der Waals surface area contributed by atoms with E-state index in [0.717, 1.165) is 18.2 Å². The summed E-state index contributed by atoms with van der Waals surface area (Å²) in [7, 11) is 0. The van der Waals surface area contributed by atoms with E-state index in [0.29, 0.717) is 0 Å². The van der Waals surface area contributed by atoms with Gasteiger partial charge in [0.05, 0.1) is 5.38 Å². The standard InChI is InChI=1S/C11H9ClF4O/c1-5(12)9(17)6-3-2-4-7(10(13)14)8(6)11(15)16/h2-5,10-11H,1H3. The zero-order chi connectivity index (χ0) is 13.2. The highest BCUT2D eigenvalue weighted by Gasteiger charge is 2.27. The Hall–Kier alpha value is -1.10. The van der Waals surface area contributed by atoms with Crippen LogP contribution in [0.25, 0.3) is 0 Å². The van der Waals surface area contributed by atoms with Crippen molar-refractivity contribution in [2.75, 3.05) is 0 Å². The van der Waals surface area contributed by atoms with Gasteiger partial charge < -0.3 is 0 Å². The van der Waals surface area contributed by atoms with E-state index in [2.05, 4.69) is 0 Å². The lowest BCUT2D eigenvalue weighted by Gasteiger charge is -2.13. The van der Waals surface area contributed by atoms with Gasteiger partial charge >= 0.3 is 0 Å². The zero-order valence-electron chi connectivity index (χ0n) is 8.76. The number of ketones is 1. The van der Waals surface area contributed by atoms with Crippen molar-refractivity contribution < 1.29 is 22.4 Å². The van der Waals surface area contributed by atoms with Gasteiger partial charge in [0.1, 0.15) is 0 Å². The molecule has 0 aromatic heterocycles. The maximum Gasteiger partial charge on any atom is 0.265 e. The minimum Gasteiger partial charge on any atom is -0.293 e. The van der Waals surface area contributed by atoms with Gasteiger partial charge in [-0.15, -0.1) is 11.6 Å². The molecular weight excluding hydrogens is 260 g/mol. The van der Waals surface area contributed by atoms with Crippen molar-refractivity contribution >= 4 is 17.4 Å². The Morgan fingerprint density at radius 3 is 2.18 bits per heavy atom. The predicted octanol–water partition coefficient (Wildman–Crippen LogP) is 4.37. The van der Waals surface area contributed by atoms with Crippen molar-refractivity contribution in [3.8, 4) is 0 Å². The first-order chi connectivity index (χ1) is 7.86. The second kappa shape index (κ2) is 5.49. The van der Waals surface area contributed by atoms with Gasteiger partial charge in [0.2, 0.25) is 0 Å². The Labute approximate surface area is 100 Å². The highest BCUT2D eigenvalue weighted by atomic mass is 35.5. The van der Waals surface area contributed by atoms with Crippen LogP contribution >= 0.6 is 11.6 Å². The Morgan fingerprint density at radius 2 is 1.76 bits per heavy atom. The monoisotopic (exact) mass is 268 g/mol. The van der Waals surface area contributed by atoms with Crippen molar-refractivity contribution in [2.45, 2.75) is 25.2 Å². The summed E-state index contributed by atoms with van der Waals surface area (Å²) in [5.41, 5.74) is -2.21. The number of alkyl halides is 5. The van der Waals surface area contributed by atoms with Gasteiger partial charge in [-0.25, -0.2) is 17.6 Å². The molecule has 1 nitrogen and oxygen atoms in total. The quantitative estimate of drug-likeness (QED) is 0.450. The van der Waals surface area contributed by atoms with E-state index in [1.54, 1.807) is 0 Å². The molecule has 0 aliphatic carbocycles. The summed E-state index contributed by atoms with van der Waals surface area (Å²) in [4.78, 5) is 11.5. The van der Waals surface area contributed by atoms with E-state index >= 15 is 0 Å². The number of benzene rings is 1. The van der Waals surface area contributed by atoms with Crippen LogP contribution in [-0.4, -0.2) is 11.2 Å². The van der Waals surface area contributed by atoms with Crippen LogP contribution in [0.3, 0.4) is 0 Å². The molecule has 0 saturated heterocycles. The second-order valence-corrected chi connectivity index (χ2v) is 4.04. The highest BCUT2D eigenvalue weighted by Crippen LogP contribution is 2.33. The van der Waals surface area contributed by atoms with Crippen LogP contribution in [0.5, 0.6) is 0 Å². The molecule has 1 aromatic carbocycles. The van der Waals surface area contributed by atoms with E-state index in [9.17, 15) is 22.4 Å². The fourth-order valence-electron chi connectivity index (χ4n) is 1.45. The molecule has 1 atom stereocenters. The first-order valence-electron chi connectivity index (χ1n) is 4.73. The first-order valence-corrected chi connectivity index (χ1v) is 5.17.